The first-order chi connectivity index (χ1) is 24.4. The number of carbonyl (C=O) groups is 1. The molecular weight excluding hydrogens is 704 g/mol. The van der Waals surface area contributed by atoms with Crippen LogP contribution < -0.4 is 25.1 Å². The van der Waals surface area contributed by atoms with E-state index in [4.69, 9.17) is 34.6 Å². The van der Waals surface area contributed by atoms with E-state index in [0.717, 1.165) is 26.7 Å². The Morgan fingerprint density at radius 3 is 2.46 bits per heavy atom. The zero-order valence-electron chi connectivity index (χ0n) is 27.8. The van der Waals surface area contributed by atoms with E-state index in [0.29, 0.717) is 54.7 Å². The van der Waals surface area contributed by atoms with Crippen LogP contribution in [-0.4, -0.2) is 56.4 Å². The van der Waals surface area contributed by atoms with Crippen LogP contribution in [0.5, 0.6) is 17.2 Å². The van der Waals surface area contributed by atoms with Crippen molar-refractivity contribution < 1.29 is 28.8 Å². The number of rotatable bonds is 17. The van der Waals surface area contributed by atoms with Crippen molar-refractivity contribution in [3.63, 3.8) is 0 Å². The fourth-order valence-corrected chi connectivity index (χ4v) is 5.96. The third-order valence-electron chi connectivity index (χ3n) is 8.27. The van der Waals surface area contributed by atoms with Gasteiger partial charge in [0.25, 0.3) is 5.91 Å². The molecule has 0 spiro atoms. The monoisotopic (exact) mass is 742 g/mol. The Kier molecular flexibility index (Phi) is 12.7. The van der Waals surface area contributed by atoms with Crippen LogP contribution in [-0.2, 0) is 28.9 Å². The number of hydrazine groups is 1. The van der Waals surface area contributed by atoms with E-state index in [1.54, 1.807) is 26.4 Å². The number of aliphatic hydroxyl groups is 1. The van der Waals surface area contributed by atoms with E-state index in [1.807, 2.05) is 78.9 Å². The Morgan fingerprint density at radius 1 is 1.02 bits per heavy atom. The summed E-state index contributed by atoms with van der Waals surface area (Å²) in [5.41, 5.74) is 17.6. The number of nitrogens with one attached hydrogen (secondary N) is 2. The van der Waals surface area contributed by atoms with Gasteiger partial charge in [-0.3, -0.25) is 10.2 Å². The number of hydrogen-bond acceptors (Lipinski definition) is 9. The van der Waals surface area contributed by atoms with E-state index in [1.165, 1.54) is 0 Å². The van der Waals surface area contributed by atoms with Crippen molar-refractivity contribution in [3.8, 4) is 17.2 Å². The number of azide groups is 1. The second-order valence-electron chi connectivity index (χ2n) is 11.5. The summed E-state index contributed by atoms with van der Waals surface area (Å²) in [6.07, 6.45) is 0.454. The lowest BCUT2D eigenvalue weighted by molar-refractivity contribution is -0.130. The molecule has 4 aromatic carbocycles. The van der Waals surface area contributed by atoms with Crippen LogP contribution in [0.15, 0.2) is 106 Å². The molecule has 1 aliphatic heterocycles. The molecule has 0 saturated heterocycles. The van der Waals surface area contributed by atoms with Crippen LogP contribution in [0.1, 0.15) is 40.3 Å². The molecular formula is C37H39BrN6O6. The van der Waals surface area contributed by atoms with Gasteiger partial charge in [0.05, 0.1) is 27.4 Å². The normalized spacial score (nSPS) is 16.5. The number of carbonyl (C=O) groups excluding carboxylic acids is 1. The predicted octanol–water partition coefficient (Wildman–Crippen LogP) is 6.40. The molecule has 0 saturated carbocycles. The van der Waals surface area contributed by atoms with Gasteiger partial charge in [-0.1, -0.05) is 63.5 Å². The second kappa shape index (κ2) is 17.5. The molecule has 13 heteroatoms. The Bertz CT molecular complexity index is 1830. The Labute approximate surface area is 299 Å². The molecule has 0 unspecified atom stereocenters. The number of nitrogens with zero attached hydrogens (tertiary/aromatic N) is 4. The highest BCUT2D eigenvalue weighted by atomic mass is 79.9. The molecule has 2 atom stereocenters. The number of hydrogen-bond donors (Lipinski definition) is 3. The van der Waals surface area contributed by atoms with Gasteiger partial charge >= 0.3 is 0 Å². The number of benzene rings is 4. The van der Waals surface area contributed by atoms with E-state index in [2.05, 4.69) is 36.8 Å². The second-order valence-corrected chi connectivity index (χ2v) is 12.4. The van der Waals surface area contributed by atoms with Crippen molar-refractivity contribution in [3.05, 3.63) is 134 Å². The van der Waals surface area contributed by atoms with Crippen molar-refractivity contribution >= 4 is 27.7 Å². The summed E-state index contributed by atoms with van der Waals surface area (Å²) in [6.45, 7) is 0.965. The SMILES string of the molecule is COc1ccc(CCNNC(=O)[C@@]2(Cc3ccccc3CN=[N+]=[N-])N=C(c3ccc(OCCCO)cc3)O[C@H]2c2ccc(Br)cc2)cc1OC. The number of ether oxygens (including phenoxy) is 4. The van der Waals surface area contributed by atoms with Crippen molar-refractivity contribution in [2.45, 2.75) is 37.5 Å². The van der Waals surface area contributed by atoms with Crippen LogP contribution in [0.3, 0.4) is 0 Å². The first-order valence-corrected chi connectivity index (χ1v) is 16.9. The van der Waals surface area contributed by atoms with Crippen LogP contribution in [0.25, 0.3) is 10.4 Å². The summed E-state index contributed by atoms with van der Waals surface area (Å²) >= 11 is 3.52. The fraction of sp³-hybridized carbons (Fsp3) is 0.297. The first kappa shape index (κ1) is 36.2. The zero-order valence-corrected chi connectivity index (χ0v) is 29.4. The number of aliphatic hydroxyl groups excluding tert-OH is 1. The highest BCUT2D eigenvalue weighted by Crippen LogP contribution is 2.43. The summed E-state index contributed by atoms with van der Waals surface area (Å²) in [7, 11) is 3.18. The average molecular weight is 744 g/mol. The van der Waals surface area contributed by atoms with Gasteiger partial charge < -0.3 is 24.1 Å². The molecule has 1 heterocycles. The molecule has 0 aliphatic carbocycles. The average Bonchev–Trinajstić information content (AvgIpc) is 3.53. The van der Waals surface area contributed by atoms with Crippen molar-refractivity contribution in [2.75, 3.05) is 34.0 Å². The van der Waals surface area contributed by atoms with E-state index in [9.17, 15) is 4.79 Å². The largest absolute Gasteiger partial charge is 0.494 e. The number of amides is 1. The van der Waals surface area contributed by atoms with Crippen molar-refractivity contribution in [1.82, 2.24) is 10.9 Å². The molecule has 1 amide bonds. The molecule has 3 N–H and O–H groups in total. The third kappa shape index (κ3) is 8.74. The molecule has 260 valence electrons. The van der Waals surface area contributed by atoms with Crippen LogP contribution in [0.2, 0.25) is 0 Å². The third-order valence-corrected chi connectivity index (χ3v) is 8.80. The summed E-state index contributed by atoms with van der Waals surface area (Å²) in [5.74, 6) is 1.81. The molecule has 0 aromatic heterocycles. The Morgan fingerprint density at radius 2 is 1.76 bits per heavy atom. The molecule has 12 nitrogen and oxygen atoms in total. The molecule has 50 heavy (non-hydrogen) atoms. The lowest BCUT2D eigenvalue weighted by Gasteiger charge is -2.31. The maximum absolute atomic E-state index is 14.6. The minimum Gasteiger partial charge on any atom is -0.494 e. The quantitative estimate of drug-likeness (QED) is 0.0371. The molecule has 0 fully saturated rings. The van der Waals surface area contributed by atoms with Gasteiger partial charge in [-0.2, -0.15) is 0 Å². The van der Waals surface area contributed by atoms with Crippen LogP contribution in [0, 0.1) is 0 Å². The van der Waals surface area contributed by atoms with E-state index >= 15 is 0 Å². The lowest BCUT2D eigenvalue weighted by Crippen LogP contribution is -2.54. The number of methoxy groups -OCH3 is 2. The number of halogens is 1. The van der Waals surface area contributed by atoms with Crippen molar-refractivity contribution in [2.24, 2.45) is 10.1 Å². The van der Waals surface area contributed by atoms with Gasteiger partial charge in [0.2, 0.25) is 5.90 Å². The predicted molar refractivity (Wildman–Crippen MR) is 193 cm³/mol. The van der Waals surface area contributed by atoms with E-state index < -0.39 is 17.6 Å². The standard InChI is InChI=1S/C37H39BrN6O6/c1-47-32-17-8-25(22-33(32)48-2)18-19-40-43-36(46)37(23-28-6-3-4-7-29(28)24-41-44-39)34(26-9-13-30(38)14-10-26)50-35(42-37)27-11-15-31(16-12-27)49-21-5-20-45/h3-4,6-17,22,34,40,45H,5,18-21,23-24H2,1-2H3,(H,43,46)/t34-,37-/m0/s1. The minimum atomic E-state index is -1.47. The highest BCUT2D eigenvalue weighted by Gasteiger charge is 2.53. The van der Waals surface area contributed by atoms with Crippen molar-refractivity contribution in [1.29, 1.82) is 0 Å². The lowest BCUT2D eigenvalue weighted by atomic mass is 9.81. The molecule has 1 aliphatic rings. The van der Waals surface area contributed by atoms with Gasteiger partial charge in [0.1, 0.15) is 5.75 Å². The number of aliphatic imine (C=N–C) groups is 1. The minimum absolute atomic E-state index is 0.0431. The van der Waals surface area contributed by atoms with Gasteiger partial charge in [-0.25, -0.2) is 10.4 Å². The van der Waals surface area contributed by atoms with Gasteiger partial charge in [0.15, 0.2) is 23.1 Å². The van der Waals surface area contributed by atoms with Gasteiger partial charge in [-0.05, 0) is 82.7 Å². The maximum Gasteiger partial charge on any atom is 0.266 e. The maximum atomic E-state index is 14.6. The summed E-state index contributed by atoms with van der Waals surface area (Å²) in [6, 6.07) is 28.1. The summed E-state index contributed by atoms with van der Waals surface area (Å²) in [4.78, 5) is 22.6. The fourth-order valence-electron chi connectivity index (χ4n) is 5.70. The zero-order chi connectivity index (χ0) is 35.3. The Hall–Kier alpha value is -5.07. The smallest absolute Gasteiger partial charge is 0.266 e. The van der Waals surface area contributed by atoms with Crippen LogP contribution in [0.4, 0.5) is 0 Å². The highest BCUT2D eigenvalue weighted by molar-refractivity contribution is 9.10. The summed E-state index contributed by atoms with van der Waals surface area (Å²) in [5, 5.41) is 12.9. The summed E-state index contributed by atoms with van der Waals surface area (Å²) < 4.78 is 24.0. The molecule has 5 rings (SSSR count). The van der Waals surface area contributed by atoms with E-state index in [-0.39, 0.29) is 19.6 Å². The van der Waals surface area contributed by atoms with Gasteiger partial charge in [-0.15, -0.1) is 0 Å². The molecule has 0 radical (unpaired) electrons. The first-order valence-electron chi connectivity index (χ1n) is 16.1. The van der Waals surface area contributed by atoms with Crippen LogP contribution >= 0.6 is 15.9 Å². The topological polar surface area (TPSA) is 159 Å². The molecule has 0 bridgehead atoms. The molecule has 4 aromatic rings. The van der Waals surface area contributed by atoms with Gasteiger partial charge in [0, 0.05) is 40.9 Å². The Balaban J connectivity index is 1.49.